The molecule has 1 heterocycles. The summed E-state index contributed by atoms with van der Waals surface area (Å²) in [4.78, 5) is 29.0. The Bertz CT molecular complexity index is 944. The van der Waals surface area contributed by atoms with E-state index in [1.807, 2.05) is 61.5 Å². The topological polar surface area (TPSA) is 60.9 Å². The van der Waals surface area contributed by atoms with Crippen LogP contribution in [0.3, 0.4) is 0 Å². The highest BCUT2D eigenvalue weighted by molar-refractivity contribution is 8.26. The molecule has 3 rings (SSSR count). The molecule has 2 aromatic carbocycles. The second-order valence-corrected chi connectivity index (χ2v) is 8.38. The first-order valence-electron chi connectivity index (χ1n) is 9.22. The van der Waals surface area contributed by atoms with Crippen molar-refractivity contribution in [2.75, 3.05) is 19.7 Å². The van der Waals surface area contributed by atoms with Crippen molar-refractivity contribution in [3.05, 3.63) is 76.2 Å². The Morgan fingerprint density at radius 3 is 2.66 bits per heavy atom. The third kappa shape index (κ3) is 5.53. The van der Waals surface area contributed by atoms with Gasteiger partial charge in [-0.2, -0.15) is 0 Å². The molecule has 2 amide bonds. The van der Waals surface area contributed by atoms with Crippen LogP contribution in [0.15, 0.2) is 59.5 Å². The van der Waals surface area contributed by atoms with Crippen molar-refractivity contribution in [3.63, 3.8) is 0 Å². The van der Waals surface area contributed by atoms with E-state index in [4.69, 9.17) is 12.2 Å². The predicted molar refractivity (Wildman–Crippen MR) is 120 cm³/mol. The van der Waals surface area contributed by atoms with Gasteiger partial charge in [0.15, 0.2) is 0 Å². The summed E-state index contributed by atoms with van der Waals surface area (Å²) < 4.78 is 0.367. The summed E-state index contributed by atoms with van der Waals surface area (Å²) >= 11 is 6.55. The van der Waals surface area contributed by atoms with Crippen LogP contribution in [0.25, 0.3) is 6.08 Å². The van der Waals surface area contributed by atoms with Crippen molar-refractivity contribution in [2.24, 2.45) is 0 Å². The van der Waals surface area contributed by atoms with Gasteiger partial charge in [-0.25, -0.2) is 0 Å². The molecule has 1 N–H and O–H groups in total. The van der Waals surface area contributed by atoms with Gasteiger partial charge in [-0.15, -0.1) is 0 Å². The number of rotatable bonds is 7. The molecule has 0 bridgehead atoms. The number of aryl methyl sites for hydroxylation is 1. The molecule has 1 aliphatic rings. The molecule has 1 fully saturated rings. The van der Waals surface area contributed by atoms with Gasteiger partial charge in [-0.05, 0) is 24.1 Å². The normalized spacial score (nSPS) is 15.2. The minimum atomic E-state index is -0.265. The van der Waals surface area contributed by atoms with Crippen molar-refractivity contribution in [2.45, 2.75) is 13.5 Å². The summed E-state index contributed by atoms with van der Waals surface area (Å²) in [5.41, 5.74) is 2.98. The second kappa shape index (κ2) is 9.82. The molecule has 0 unspecified atom stereocenters. The van der Waals surface area contributed by atoms with Crippen molar-refractivity contribution < 1.29 is 14.7 Å². The largest absolute Gasteiger partial charge is 0.395 e. The molecule has 1 saturated heterocycles. The minimum Gasteiger partial charge on any atom is -0.395 e. The van der Waals surface area contributed by atoms with Gasteiger partial charge in [0, 0.05) is 13.1 Å². The maximum Gasteiger partial charge on any atom is 0.266 e. The maximum absolute atomic E-state index is 12.8. The molecule has 5 nitrogen and oxygen atoms in total. The Morgan fingerprint density at radius 2 is 1.97 bits per heavy atom. The average molecular weight is 427 g/mol. The fourth-order valence-corrected chi connectivity index (χ4v) is 4.25. The summed E-state index contributed by atoms with van der Waals surface area (Å²) in [6.07, 6.45) is 1.80. The first kappa shape index (κ1) is 21.2. The van der Waals surface area contributed by atoms with Gasteiger partial charge in [0.2, 0.25) is 5.91 Å². The number of carbonyl (C=O) groups excluding carboxylic acids is 2. The summed E-state index contributed by atoms with van der Waals surface area (Å²) in [7, 11) is 0. The number of amides is 2. The highest BCUT2D eigenvalue weighted by Gasteiger charge is 2.34. The first-order valence-corrected chi connectivity index (χ1v) is 10.4. The number of thioether (sulfide) groups is 1. The van der Waals surface area contributed by atoms with Gasteiger partial charge in [-0.3, -0.25) is 14.5 Å². The lowest BCUT2D eigenvalue weighted by molar-refractivity contribution is -0.136. The van der Waals surface area contributed by atoms with E-state index in [-0.39, 0.29) is 31.5 Å². The molecule has 0 atom stereocenters. The number of hydrogen-bond donors (Lipinski definition) is 1. The highest BCUT2D eigenvalue weighted by atomic mass is 32.2. The van der Waals surface area contributed by atoms with Crippen LogP contribution in [0, 0.1) is 6.92 Å². The SMILES string of the molecule is Cc1cccc(/C=C2\SC(=S)N(CC(=O)N(CCO)Cc3ccccc3)C2=O)c1. The van der Waals surface area contributed by atoms with E-state index in [1.165, 1.54) is 21.6 Å². The Labute approximate surface area is 180 Å². The maximum atomic E-state index is 12.8. The van der Waals surface area contributed by atoms with Crippen molar-refractivity contribution in [1.29, 1.82) is 0 Å². The molecular weight excluding hydrogens is 404 g/mol. The van der Waals surface area contributed by atoms with Crippen LogP contribution >= 0.6 is 24.0 Å². The molecule has 7 heteroatoms. The zero-order valence-electron chi connectivity index (χ0n) is 16.1. The summed E-state index contributed by atoms with van der Waals surface area (Å²) in [5.74, 6) is -0.519. The number of nitrogens with zero attached hydrogens (tertiary/aromatic N) is 2. The van der Waals surface area contributed by atoms with Crippen LogP contribution in [0.2, 0.25) is 0 Å². The van der Waals surface area contributed by atoms with Gasteiger partial charge >= 0.3 is 0 Å². The Hall–Kier alpha value is -2.48. The standard InChI is InChI=1S/C22H22N2O3S2/c1-16-6-5-9-18(12-16)13-19-21(27)24(22(28)29-19)15-20(26)23(10-11-25)14-17-7-3-2-4-8-17/h2-9,12-13,25H,10-11,14-15H2,1H3/b19-13-. The second-order valence-electron chi connectivity index (χ2n) is 6.71. The Kier molecular flexibility index (Phi) is 7.19. The van der Waals surface area contributed by atoms with Gasteiger partial charge < -0.3 is 10.0 Å². The van der Waals surface area contributed by atoms with Gasteiger partial charge in [0.25, 0.3) is 5.91 Å². The van der Waals surface area contributed by atoms with Crippen LogP contribution in [-0.2, 0) is 16.1 Å². The van der Waals surface area contributed by atoms with Gasteiger partial charge in [-0.1, -0.05) is 84.1 Å². The quantitative estimate of drug-likeness (QED) is 0.544. The summed E-state index contributed by atoms with van der Waals surface area (Å²) in [6.45, 7) is 2.27. The number of hydrogen-bond acceptors (Lipinski definition) is 5. The number of thiocarbonyl (C=S) groups is 1. The number of carbonyl (C=O) groups is 2. The van der Waals surface area contributed by atoms with Crippen LogP contribution in [0.5, 0.6) is 0 Å². The lowest BCUT2D eigenvalue weighted by Crippen LogP contribution is -2.42. The third-order valence-electron chi connectivity index (χ3n) is 4.45. The fraction of sp³-hybridized carbons (Fsp3) is 0.227. The molecule has 0 radical (unpaired) electrons. The van der Waals surface area contributed by atoms with Crippen LogP contribution < -0.4 is 0 Å². The van der Waals surface area contributed by atoms with Gasteiger partial charge in [0.05, 0.1) is 11.5 Å². The highest BCUT2D eigenvalue weighted by Crippen LogP contribution is 2.32. The van der Waals surface area contributed by atoms with E-state index in [9.17, 15) is 14.7 Å². The first-order chi connectivity index (χ1) is 14.0. The van der Waals surface area contributed by atoms with Crippen LogP contribution in [-0.4, -0.2) is 50.7 Å². The lowest BCUT2D eigenvalue weighted by Gasteiger charge is -2.24. The number of aliphatic hydroxyl groups is 1. The number of benzene rings is 2. The number of aliphatic hydroxyl groups excluding tert-OH is 1. The monoisotopic (exact) mass is 426 g/mol. The molecule has 0 aromatic heterocycles. The summed E-state index contributed by atoms with van der Waals surface area (Å²) in [5, 5.41) is 9.34. The Morgan fingerprint density at radius 1 is 1.21 bits per heavy atom. The molecule has 0 aliphatic carbocycles. The molecule has 0 saturated carbocycles. The average Bonchev–Trinajstić information content (AvgIpc) is 2.96. The van der Waals surface area contributed by atoms with E-state index in [1.54, 1.807) is 6.08 Å². The lowest BCUT2D eigenvalue weighted by atomic mass is 10.1. The van der Waals surface area contributed by atoms with Crippen molar-refractivity contribution >= 4 is 46.2 Å². The molecular formula is C22H22N2O3S2. The van der Waals surface area contributed by atoms with Gasteiger partial charge in [0.1, 0.15) is 10.9 Å². The zero-order valence-corrected chi connectivity index (χ0v) is 17.7. The van der Waals surface area contributed by atoms with E-state index in [0.717, 1.165) is 16.7 Å². The fourth-order valence-electron chi connectivity index (χ4n) is 3.00. The summed E-state index contributed by atoms with van der Waals surface area (Å²) in [6, 6.07) is 17.4. The van der Waals surface area contributed by atoms with Crippen LogP contribution in [0.4, 0.5) is 0 Å². The molecule has 0 spiro atoms. The zero-order chi connectivity index (χ0) is 20.8. The van der Waals surface area contributed by atoms with E-state index in [2.05, 4.69) is 0 Å². The van der Waals surface area contributed by atoms with Crippen LogP contribution in [0.1, 0.15) is 16.7 Å². The molecule has 1 aliphatic heterocycles. The van der Waals surface area contributed by atoms with E-state index >= 15 is 0 Å². The molecule has 2 aromatic rings. The smallest absolute Gasteiger partial charge is 0.266 e. The van der Waals surface area contributed by atoms with E-state index < -0.39 is 0 Å². The van der Waals surface area contributed by atoms with E-state index in [0.29, 0.717) is 15.8 Å². The van der Waals surface area contributed by atoms with Crippen molar-refractivity contribution in [3.8, 4) is 0 Å². The molecule has 29 heavy (non-hydrogen) atoms. The predicted octanol–water partition coefficient (Wildman–Crippen LogP) is 3.22. The minimum absolute atomic E-state index is 0.136. The van der Waals surface area contributed by atoms with Crippen molar-refractivity contribution in [1.82, 2.24) is 9.80 Å². The third-order valence-corrected chi connectivity index (χ3v) is 5.82. The molecule has 150 valence electrons. The Balaban J connectivity index is 1.71.